The largest absolute Gasteiger partial charge is 0.378 e. The fourth-order valence-corrected chi connectivity index (χ4v) is 2.95. The van der Waals surface area contributed by atoms with Gasteiger partial charge in [0.05, 0.1) is 11.6 Å². The molecule has 0 aliphatic heterocycles. The number of hydrogen-bond acceptors (Lipinski definition) is 4. The minimum Gasteiger partial charge on any atom is -0.378 e. The Morgan fingerprint density at radius 2 is 2.47 bits per heavy atom. The summed E-state index contributed by atoms with van der Waals surface area (Å²) in [6.45, 7) is 0. The summed E-state index contributed by atoms with van der Waals surface area (Å²) in [4.78, 5) is 1.29. The zero-order valence-corrected chi connectivity index (χ0v) is 9.85. The van der Waals surface area contributed by atoms with E-state index in [2.05, 4.69) is 22.9 Å². The lowest BCUT2D eigenvalue weighted by atomic mass is 9.75. The normalized spacial score (nSPS) is 20.9. The Labute approximate surface area is 94.6 Å². The van der Waals surface area contributed by atoms with E-state index in [4.69, 9.17) is 10.6 Å². The Morgan fingerprint density at radius 3 is 2.87 bits per heavy atom. The van der Waals surface area contributed by atoms with E-state index in [0.717, 1.165) is 19.3 Å². The van der Waals surface area contributed by atoms with Crippen molar-refractivity contribution in [3.05, 3.63) is 22.4 Å². The number of rotatable bonds is 5. The molecule has 1 unspecified atom stereocenters. The van der Waals surface area contributed by atoms with Crippen molar-refractivity contribution in [2.45, 2.75) is 37.3 Å². The van der Waals surface area contributed by atoms with E-state index < -0.39 is 0 Å². The van der Waals surface area contributed by atoms with Crippen molar-refractivity contribution in [1.29, 1.82) is 0 Å². The standard InChI is InChI=1S/C11H18N2OS/c1-14-11(5-3-6-11)8-9(13-12)10-4-2-7-15-10/h2,4,7,9,13H,3,5-6,8,12H2,1H3. The molecule has 1 fully saturated rings. The van der Waals surface area contributed by atoms with Crippen LogP contribution in [0.25, 0.3) is 0 Å². The molecule has 0 aromatic carbocycles. The SMILES string of the molecule is COC1(CC(NN)c2cccs2)CCC1. The molecule has 1 aliphatic rings. The first-order valence-electron chi connectivity index (χ1n) is 5.34. The van der Waals surface area contributed by atoms with Crippen molar-refractivity contribution in [3.63, 3.8) is 0 Å². The number of thiophene rings is 1. The Kier molecular flexibility index (Phi) is 3.41. The predicted octanol–water partition coefficient (Wildman–Crippen LogP) is 2.21. The number of methoxy groups -OCH3 is 1. The second kappa shape index (κ2) is 4.61. The van der Waals surface area contributed by atoms with Crippen LogP contribution in [0.5, 0.6) is 0 Å². The maximum absolute atomic E-state index is 5.61. The van der Waals surface area contributed by atoms with Crippen LogP contribution in [0, 0.1) is 0 Å². The molecule has 4 heteroatoms. The Morgan fingerprint density at radius 1 is 1.67 bits per heavy atom. The summed E-state index contributed by atoms with van der Waals surface area (Å²) in [5, 5.41) is 2.08. The Hall–Kier alpha value is -0.420. The van der Waals surface area contributed by atoms with Crippen molar-refractivity contribution in [3.8, 4) is 0 Å². The van der Waals surface area contributed by atoms with Crippen LogP contribution in [0.4, 0.5) is 0 Å². The van der Waals surface area contributed by atoms with E-state index in [1.807, 2.05) is 0 Å². The van der Waals surface area contributed by atoms with Crippen LogP contribution in [0.1, 0.15) is 36.6 Å². The van der Waals surface area contributed by atoms with Crippen molar-refractivity contribution < 1.29 is 4.74 Å². The van der Waals surface area contributed by atoms with E-state index in [-0.39, 0.29) is 11.6 Å². The summed E-state index contributed by atoms with van der Waals surface area (Å²) in [6.07, 6.45) is 4.57. The molecular formula is C11H18N2OS. The van der Waals surface area contributed by atoms with E-state index in [1.54, 1.807) is 18.4 Å². The van der Waals surface area contributed by atoms with Gasteiger partial charge in [0.2, 0.25) is 0 Å². The Balaban J connectivity index is 2.02. The number of hydrazine groups is 1. The van der Waals surface area contributed by atoms with Gasteiger partial charge >= 0.3 is 0 Å². The van der Waals surface area contributed by atoms with E-state index in [9.17, 15) is 0 Å². The molecule has 84 valence electrons. The van der Waals surface area contributed by atoms with Crippen LogP contribution in [-0.2, 0) is 4.74 Å². The maximum atomic E-state index is 5.61. The van der Waals surface area contributed by atoms with E-state index in [1.165, 1.54) is 11.3 Å². The first-order chi connectivity index (χ1) is 7.29. The maximum Gasteiger partial charge on any atom is 0.0697 e. The van der Waals surface area contributed by atoms with Gasteiger partial charge in [0.1, 0.15) is 0 Å². The van der Waals surface area contributed by atoms with Gasteiger partial charge in [-0.3, -0.25) is 11.3 Å². The number of nitrogens with two attached hydrogens (primary N) is 1. The van der Waals surface area contributed by atoms with Crippen LogP contribution >= 0.6 is 11.3 Å². The molecule has 3 nitrogen and oxygen atoms in total. The molecule has 0 amide bonds. The molecule has 15 heavy (non-hydrogen) atoms. The average Bonchev–Trinajstić information content (AvgIpc) is 2.71. The molecule has 1 saturated carbocycles. The van der Waals surface area contributed by atoms with E-state index in [0.29, 0.717) is 0 Å². The van der Waals surface area contributed by atoms with Crippen LogP contribution in [-0.4, -0.2) is 12.7 Å². The summed E-state index contributed by atoms with van der Waals surface area (Å²) in [5.41, 5.74) is 2.96. The first kappa shape index (κ1) is 11.1. The van der Waals surface area contributed by atoms with Crippen LogP contribution in [0.2, 0.25) is 0 Å². The van der Waals surface area contributed by atoms with Gasteiger partial charge in [-0.25, -0.2) is 0 Å². The van der Waals surface area contributed by atoms with Crippen LogP contribution < -0.4 is 11.3 Å². The number of hydrogen-bond donors (Lipinski definition) is 2. The van der Waals surface area contributed by atoms with E-state index >= 15 is 0 Å². The summed E-state index contributed by atoms with van der Waals surface area (Å²) < 4.78 is 5.61. The smallest absolute Gasteiger partial charge is 0.0697 e. The highest BCUT2D eigenvalue weighted by Crippen LogP contribution is 2.42. The van der Waals surface area contributed by atoms with Gasteiger partial charge in [0, 0.05) is 12.0 Å². The van der Waals surface area contributed by atoms with Gasteiger partial charge in [-0.15, -0.1) is 11.3 Å². The lowest BCUT2D eigenvalue weighted by Crippen LogP contribution is -2.43. The van der Waals surface area contributed by atoms with Gasteiger partial charge in [-0.2, -0.15) is 0 Å². The fourth-order valence-electron chi connectivity index (χ4n) is 2.17. The molecule has 0 spiro atoms. The summed E-state index contributed by atoms with van der Waals surface area (Å²) >= 11 is 1.74. The molecule has 2 rings (SSSR count). The minimum atomic E-state index is 0.0705. The van der Waals surface area contributed by atoms with Crippen molar-refractivity contribution in [2.75, 3.05) is 7.11 Å². The molecule has 1 aromatic rings. The quantitative estimate of drug-likeness (QED) is 0.598. The zero-order chi connectivity index (χ0) is 10.7. The second-order valence-corrected chi connectivity index (χ2v) is 5.16. The topological polar surface area (TPSA) is 47.3 Å². The zero-order valence-electron chi connectivity index (χ0n) is 9.03. The van der Waals surface area contributed by atoms with Crippen LogP contribution in [0.15, 0.2) is 17.5 Å². The molecule has 0 saturated heterocycles. The third-order valence-electron chi connectivity index (χ3n) is 3.36. The molecule has 3 N–H and O–H groups in total. The summed E-state index contributed by atoms with van der Waals surface area (Å²) in [6, 6.07) is 4.41. The monoisotopic (exact) mass is 226 g/mol. The molecule has 1 aliphatic carbocycles. The number of nitrogens with one attached hydrogen (secondary N) is 1. The third kappa shape index (κ3) is 2.23. The molecule has 0 radical (unpaired) electrons. The summed E-state index contributed by atoms with van der Waals surface area (Å²) in [5.74, 6) is 5.61. The number of ether oxygens (including phenoxy) is 1. The first-order valence-corrected chi connectivity index (χ1v) is 6.22. The third-order valence-corrected chi connectivity index (χ3v) is 4.35. The molecular weight excluding hydrogens is 208 g/mol. The highest BCUT2D eigenvalue weighted by atomic mass is 32.1. The minimum absolute atomic E-state index is 0.0705. The lowest BCUT2D eigenvalue weighted by Gasteiger charge is -2.42. The van der Waals surface area contributed by atoms with Crippen molar-refractivity contribution in [2.24, 2.45) is 5.84 Å². The van der Waals surface area contributed by atoms with Crippen molar-refractivity contribution >= 4 is 11.3 Å². The Bertz CT molecular complexity index is 290. The van der Waals surface area contributed by atoms with Crippen molar-refractivity contribution in [1.82, 2.24) is 5.43 Å². The molecule has 1 atom stereocenters. The fraction of sp³-hybridized carbons (Fsp3) is 0.636. The van der Waals surface area contributed by atoms with Gasteiger partial charge in [-0.1, -0.05) is 6.07 Å². The highest BCUT2D eigenvalue weighted by Gasteiger charge is 2.39. The molecule has 1 aromatic heterocycles. The summed E-state index contributed by atoms with van der Waals surface area (Å²) in [7, 11) is 1.81. The lowest BCUT2D eigenvalue weighted by molar-refractivity contribution is -0.0836. The second-order valence-electron chi connectivity index (χ2n) is 4.18. The van der Waals surface area contributed by atoms with Gasteiger partial charge in [-0.05, 0) is 37.1 Å². The highest BCUT2D eigenvalue weighted by molar-refractivity contribution is 7.10. The van der Waals surface area contributed by atoms with Gasteiger partial charge in [0.15, 0.2) is 0 Å². The van der Waals surface area contributed by atoms with Crippen LogP contribution in [0.3, 0.4) is 0 Å². The van der Waals surface area contributed by atoms with Gasteiger partial charge in [0.25, 0.3) is 0 Å². The molecule has 0 bridgehead atoms. The average molecular weight is 226 g/mol. The molecule has 1 heterocycles. The van der Waals surface area contributed by atoms with Gasteiger partial charge < -0.3 is 4.74 Å². The predicted molar refractivity (Wildman–Crippen MR) is 62.6 cm³/mol.